The molecule has 1 heterocycles. The molecule has 18 heavy (non-hydrogen) atoms. The smallest absolute Gasteiger partial charge is 0.0736 e. The van der Waals surface area contributed by atoms with Crippen LogP contribution in [0.25, 0.3) is 0 Å². The van der Waals surface area contributed by atoms with Gasteiger partial charge in [0.05, 0.1) is 31.8 Å². The second-order valence-corrected chi connectivity index (χ2v) is 4.80. The Kier molecular flexibility index (Phi) is 4.58. The van der Waals surface area contributed by atoms with Gasteiger partial charge in [0.25, 0.3) is 0 Å². The van der Waals surface area contributed by atoms with Crippen LogP contribution in [0.4, 0.5) is 5.69 Å². The van der Waals surface area contributed by atoms with Crippen molar-refractivity contribution >= 4 is 5.69 Å². The normalized spacial score (nSPS) is 17.2. The van der Waals surface area contributed by atoms with Crippen molar-refractivity contribution < 1.29 is 14.6 Å². The molecule has 1 aromatic rings. The van der Waals surface area contributed by atoms with Gasteiger partial charge in [-0.3, -0.25) is 0 Å². The molecule has 0 aliphatic carbocycles. The fourth-order valence-electron chi connectivity index (χ4n) is 1.95. The minimum absolute atomic E-state index is 0.112. The molecular weight excluding hydrogens is 230 g/mol. The molecule has 0 aromatic heterocycles. The topological polar surface area (TPSA) is 50.7 Å². The number of anilines is 1. The van der Waals surface area contributed by atoms with Crippen LogP contribution < -0.4 is 5.32 Å². The Morgan fingerprint density at radius 1 is 1.39 bits per heavy atom. The lowest BCUT2D eigenvalue weighted by atomic mass is 9.87. The minimum Gasteiger partial charge on any atom is -0.396 e. The average molecular weight is 251 g/mol. The first-order valence-corrected chi connectivity index (χ1v) is 6.38. The summed E-state index contributed by atoms with van der Waals surface area (Å²) >= 11 is 0. The molecule has 1 aliphatic rings. The highest BCUT2D eigenvalue weighted by Gasteiger charge is 2.37. The lowest BCUT2D eigenvalue weighted by Crippen LogP contribution is -2.50. The third kappa shape index (κ3) is 3.02. The monoisotopic (exact) mass is 251 g/mol. The largest absolute Gasteiger partial charge is 0.396 e. The van der Waals surface area contributed by atoms with Gasteiger partial charge in [0.15, 0.2) is 0 Å². The zero-order chi connectivity index (χ0) is 12.8. The van der Waals surface area contributed by atoms with Crippen molar-refractivity contribution in [2.75, 3.05) is 38.3 Å². The molecule has 0 amide bonds. The molecule has 0 atom stereocenters. The molecule has 4 nitrogen and oxygen atoms in total. The molecule has 2 rings (SSSR count). The van der Waals surface area contributed by atoms with Crippen LogP contribution in [0.5, 0.6) is 0 Å². The van der Waals surface area contributed by atoms with Crippen LogP contribution >= 0.6 is 0 Å². The first-order chi connectivity index (χ1) is 8.79. The molecule has 100 valence electrons. The summed E-state index contributed by atoms with van der Waals surface area (Å²) in [6.07, 6.45) is 0. The summed E-state index contributed by atoms with van der Waals surface area (Å²) in [5.74, 6) is 0. The van der Waals surface area contributed by atoms with E-state index in [0.717, 1.165) is 17.8 Å². The Labute approximate surface area is 108 Å². The van der Waals surface area contributed by atoms with Crippen LogP contribution in [0.2, 0.25) is 0 Å². The summed E-state index contributed by atoms with van der Waals surface area (Å²) in [5.41, 5.74) is 2.11. The summed E-state index contributed by atoms with van der Waals surface area (Å²) < 4.78 is 10.6. The summed E-state index contributed by atoms with van der Waals surface area (Å²) in [5, 5.41) is 12.8. The molecule has 1 fully saturated rings. The Bertz CT molecular complexity index is 372. The molecular formula is C14H21NO3. The van der Waals surface area contributed by atoms with Gasteiger partial charge in [-0.05, 0) is 13.0 Å². The number of hydrogen-bond donors (Lipinski definition) is 2. The zero-order valence-corrected chi connectivity index (χ0v) is 10.8. The number of aliphatic hydroxyl groups excluding tert-OH is 1. The van der Waals surface area contributed by atoms with E-state index in [2.05, 4.69) is 11.4 Å². The van der Waals surface area contributed by atoms with Gasteiger partial charge in [0.2, 0.25) is 0 Å². The van der Waals surface area contributed by atoms with Gasteiger partial charge >= 0.3 is 0 Å². The molecule has 0 spiro atoms. The summed E-state index contributed by atoms with van der Waals surface area (Å²) in [6, 6.07) is 8.11. The van der Waals surface area contributed by atoms with Gasteiger partial charge in [-0.2, -0.15) is 0 Å². The van der Waals surface area contributed by atoms with Crippen molar-refractivity contribution in [1.82, 2.24) is 0 Å². The predicted octanol–water partition coefficient (Wildman–Crippen LogP) is 1.64. The summed E-state index contributed by atoms with van der Waals surface area (Å²) in [4.78, 5) is 0. The number of ether oxygens (including phenoxy) is 2. The van der Waals surface area contributed by atoms with Crippen LogP contribution in [0, 0.1) is 5.41 Å². The third-order valence-electron chi connectivity index (χ3n) is 3.28. The van der Waals surface area contributed by atoms with E-state index in [0.29, 0.717) is 26.4 Å². The minimum atomic E-state index is -0.112. The van der Waals surface area contributed by atoms with Crippen molar-refractivity contribution in [3.8, 4) is 0 Å². The number of benzene rings is 1. The summed E-state index contributed by atoms with van der Waals surface area (Å²) in [7, 11) is 0. The lowest BCUT2D eigenvalue weighted by molar-refractivity contribution is -0.128. The van der Waals surface area contributed by atoms with E-state index in [-0.39, 0.29) is 12.0 Å². The maximum atomic E-state index is 9.38. The average Bonchev–Trinajstić information content (AvgIpc) is 2.37. The highest BCUT2D eigenvalue weighted by atomic mass is 16.5. The Balaban J connectivity index is 1.95. The number of rotatable bonds is 7. The van der Waals surface area contributed by atoms with Gasteiger partial charge in [-0.25, -0.2) is 0 Å². The fraction of sp³-hybridized carbons (Fsp3) is 0.571. The highest BCUT2D eigenvalue weighted by Crippen LogP contribution is 2.28. The van der Waals surface area contributed by atoms with E-state index in [1.807, 2.05) is 25.1 Å². The first-order valence-electron chi connectivity index (χ1n) is 6.38. The Morgan fingerprint density at radius 3 is 2.78 bits per heavy atom. The van der Waals surface area contributed by atoms with Crippen molar-refractivity contribution in [3.63, 3.8) is 0 Å². The van der Waals surface area contributed by atoms with Crippen LogP contribution in [0.1, 0.15) is 12.5 Å². The standard InChI is InChI=1S/C14H21NO3/c1-2-17-7-12-5-3-4-6-13(12)15-8-14(9-16)10-18-11-14/h3-6,15-16H,2,7-11H2,1H3. The zero-order valence-electron chi connectivity index (χ0n) is 10.8. The number of nitrogens with one attached hydrogen (secondary N) is 1. The van der Waals surface area contributed by atoms with Crippen LogP contribution in [0.3, 0.4) is 0 Å². The highest BCUT2D eigenvalue weighted by molar-refractivity contribution is 5.51. The molecule has 1 saturated heterocycles. The first kappa shape index (κ1) is 13.3. The molecule has 0 saturated carbocycles. The predicted molar refractivity (Wildman–Crippen MR) is 70.6 cm³/mol. The third-order valence-corrected chi connectivity index (χ3v) is 3.28. The van der Waals surface area contributed by atoms with E-state index in [9.17, 15) is 5.11 Å². The van der Waals surface area contributed by atoms with Crippen molar-refractivity contribution in [2.24, 2.45) is 5.41 Å². The van der Waals surface area contributed by atoms with Gasteiger partial charge in [0, 0.05) is 24.4 Å². The van der Waals surface area contributed by atoms with Crippen LogP contribution in [-0.4, -0.2) is 38.1 Å². The van der Waals surface area contributed by atoms with Gasteiger partial charge in [0.1, 0.15) is 0 Å². The second-order valence-electron chi connectivity index (χ2n) is 4.80. The van der Waals surface area contributed by atoms with Gasteiger partial charge < -0.3 is 19.9 Å². The van der Waals surface area contributed by atoms with Crippen LogP contribution in [-0.2, 0) is 16.1 Å². The van der Waals surface area contributed by atoms with E-state index in [1.54, 1.807) is 0 Å². The molecule has 1 aromatic carbocycles. The molecule has 0 unspecified atom stereocenters. The van der Waals surface area contributed by atoms with E-state index >= 15 is 0 Å². The Hall–Kier alpha value is -1.10. The van der Waals surface area contributed by atoms with E-state index < -0.39 is 0 Å². The fourth-order valence-corrected chi connectivity index (χ4v) is 1.95. The molecule has 0 radical (unpaired) electrons. The van der Waals surface area contributed by atoms with E-state index in [4.69, 9.17) is 9.47 Å². The lowest BCUT2D eigenvalue weighted by Gasteiger charge is -2.40. The Morgan fingerprint density at radius 2 is 2.17 bits per heavy atom. The van der Waals surface area contributed by atoms with Gasteiger partial charge in [-0.15, -0.1) is 0 Å². The maximum absolute atomic E-state index is 9.38. The molecule has 4 heteroatoms. The van der Waals surface area contributed by atoms with Crippen LogP contribution in [0.15, 0.2) is 24.3 Å². The molecule has 2 N–H and O–H groups in total. The van der Waals surface area contributed by atoms with Crippen molar-refractivity contribution in [1.29, 1.82) is 0 Å². The quantitative estimate of drug-likeness (QED) is 0.773. The summed E-state index contributed by atoms with van der Waals surface area (Å²) in [6.45, 7) is 5.46. The number of aliphatic hydroxyl groups is 1. The van der Waals surface area contributed by atoms with Gasteiger partial charge in [-0.1, -0.05) is 18.2 Å². The number of hydrogen-bond acceptors (Lipinski definition) is 4. The van der Waals surface area contributed by atoms with E-state index in [1.165, 1.54) is 0 Å². The second kappa shape index (κ2) is 6.18. The molecule has 1 aliphatic heterocycles. The number of para-hydroxylation sites is 1. The maximum Gasteiger partial charge on any atom is 0.0736 e. The molecule has 0 bridgehead atoms. The van der Waals surface area contributed by atoms with Crippen molar-refractivity contribution in [2.45, 2.75) is 13.5 Å². The SMILES string of the molecule is CCOCc1ccccc1NCC1(CO)COC1. The van der Waals surface area contributed by atoms with Crippen molar-refractivity contribution in [3.05, 3.63) is 29.8 Å².